The van der Waals surface area contributed by atoms with E-state index < -0.39 is 0 Å². The largest absolute Gasteiger partial charge is 0.383 e. The number of amides is 1. The third kappa shape index (κ3) is 3.11. The van der Waals surface area contributed by atoms with Crippen LogP contribution < -0.4 is 11.1 Å². The SMILES string of the molecule is Cc1ccc(-n2c(N)c(C(=O)Nc3ccccc3C)sc2=S)cc1. The van der Waals surface area contributed by atoms with E-state index in [-0.39, 0.29) is 5.91 Å². The summed E-state index contributed by atoms with van der Waals surface area (Å²) in [4.78, 5) is 13.0. The molecule has 1 aromatic heterocycles. The van der Waals surface area contributed by atoms with Crippen molar-refractivity contribution in [1.82, 2.24) is 4.57 Å². The molecule has 0 bridgehead atoms. The number of thiazole rings is 1. The molecule has 0 atom stereocenters. The summed E-state index contributed by atoms with van der Waals surface area (Å²) in [6.07, 6.45) is 0. The molecule has 0 aliphatic heterocycles. The molecular weight excluding hydrogens is 338 g/mol. The number of rotatable bonds is 3. The fourth-order valence-corrected chi connectivity index (χ4v) is 3.64. The highest BCUT2D eigenvalue weighted by atomic mass is 32.1. The van der Waals surface area contributed by atoms with Gasteiger partial charge in [-0.15, -0.1) is 0 Å². The van der Waals surface area contributed by atoms with Gasteiger partial charge in [0.1, 0.15) is 10.7 Å². The van der Waals surface area contributed by atoms with Crippen molar-refractivity contribution in [3.63, 3.8) is 0 Å². The first-order valence-electron chi connectivity index (χ1n) is 7.42. The molecule has 0 radical (unpaired) electrons. The number of aromatic nitrogens is 1. The summed E-state index contributed by atoms with van der Waals surface area (Å²) in [5, 5.41) is 2.90. The van der Waals surface area contributed by atoms with E-state index in [1.807, 2.05) is 62.4 Å². The second-order valence-electron chi connectivity index (χ2n) is 5.52. The minimum absolute atomic E-state index is 0.247. The van der Waals surface area contributed by atoms with E-state index in [1.165, 1.54) is 11.3 Å². The highest BCUT2D eigenvalue weighted by molar-refractivity contribution is 7.73. The van der Waals surface area contributed by atoms with Gasteiger partial charge in [-0.3, -0.25) is 9.36 Å². The Hall–Kier alpha value is -2.44. The third-order valence-corrected chi connectivity index (χ3v) is 5.13. The predicted molar refractivity (Wildman–Crippen MR) is 103 cm³/mol. The molecule has 0 spiro atoms. The van der Waals surface area contributed by atoms with Crippen molar-refractivity contribution in [3.05, 3.63) is 68.5 Å². The van der Waals surface area contributed by atoms with Gasteiger partial charge in [0, 0.05) is 11.4 Å². The Morgan fingerprint density at radius 3 is 2.46 bits per heavy atom. The van der Waals surface area contributed by atoms with Crippen LogP contribution in [-0.2, 0) is 0 Å². The van der Waals surface area contributed by atoms with Crippen molar-refractivity contribution < 1.29 is 4.79 Å². The van der Waals surface area contributed by atoms with Gasteiger partial charge in [-0.25, -0.2) is 0 Å². The smallest absolute Gasteiger partial charge is 0.269 e. The van der Waals surface area contributed by atoms with E-state index in [9.17, 15) is 4.79 Å². The first-order valence-corrected chi connectivity index (χ1v) is 8.65. The Morgan fingerprint density at radius 1 is 1.12 bits per heavy atom. The van der Waals surface area contributed by atoms with Gasteiger partial charge >= 0.3 is 0 Å². The van der Waals surface area contributed by atoms with Crippen LogP contribution in [0.5, 0.6) is 0 Å². The lowest BCUT2D eigenvalue weighted by molar-refractivity contribution is 0.103. The van der Waals surface area contributed by atoms with Crippen LogP contribution in [0.2, 0.25) is 0 Å². The lowest BCUT2D eigenvalue weighted by Crippen LogP contribution is -2.14. The highest BCUT2D eigenvalue weighted by Gasteiger charge is 2.18. The number of nitrogens with zero attached hydrogens (tertiary/aromatic N) is 1. The highest BCUT2D eigenvalue weighted by Crippen LogP contribution is 2.27. The van der Waals surface area contributed by atoms with Gasteiger partial charge in [-0.05, 0) is 49.8 Å². The zero-order chi connectivity index (χ0) is 17.3. The topological polar surface area (TPSA) is 60.0 Å². The van der Waals surface area contributed by atoms with E-state index in [0.29, 0.717) is 14.6 Å². The van der Waals surface area contributed by atoms with Crippen molar-refractivity contribution in [1.29, 1.82) is 0 Å². The van der Waals surface area contributed by atoms with Crippen molar-refractivity contribution in [2.24, 2.45) is 0 Å². The van der Waals surface area contributed by atoms with Gasteiger partial charge in [0.2, 0.25) is 0 Å². The molecule has 4 nitrogen and oxygen atoms in total. The summed E-state index contributed by atoms with van der Waals surface area (Å²) in [5.41, 5.74) is 9.98. The van der Waals surface area contributed by atoms with E-state index in [0.717, 1.165) is 22.5 Å². The standard InChI is InChI=1S/C18H17N3OS2/c1-11-7-9-13(10-8-11)21-16(19)15(24-18(21)23)17(22)20-14-6-4-3-5-12(14)2/h3-10H,19H2,1-2H3,(H,20,22). The lowest BCUT2D eigenvalue weighted by atomic mass is 10.2. The summed E-state index contributed by atoms with van der Waals surface area (Å²) in [6.45, 7) is 3.96. The van der Waals surface area contributed by atoms with E-state index in [2.05, 4.69) is 5.32 Å². The number of benzene rings is 2. The molecule has 3 rings (SSSR count). The molecule has 0 saturated heterocycles. The molecule has 1 amide bonds. The zero-order valence-electron chi connectivity index (χ0n) is 13.4. The van der Waals surface area contributed by atoms with Crippen LogP contribution >= 0.6 is 23.6 Å². The molecule has 0 fully saturated rings. The number of para-hydroxylation sites is 1. The normalized spacial score (nSPS) is 10.6. The number of anilines is 2. The number of nitrogens with two attached hydrogens (primary N) is 1. The number of carbonyl (C=O) groups excluding carboxylic acids is 1. The maximum absolute atomic E-state index is 12.6. The molecule has 6 heteroatoms. The van der Waals surface area contributed by atoms with E-state index in [1.54, 1.807) is 4.57 Å². The van der Waals surface area contributed by atoms with Crippen LogP contribution in [-0.4, -0.2) is 10.5 Å². The average molecular weight is 355 g/mol. The van der Waals surface area contributed by atoms with Crippen LogP contribution in [0.25, 0.3) is 5.69 Å². The molecule has 3 aromatic rings. The zero-order valence-corrected chi connectivity index (χ0v) is 15.0. The lowest BCUT2D eigenvalue weighted by Gasteiger charge is -2.09. The molecule has 1 heterocycles. The van der Waals surface area contributed by atoms with E-state index in [4.69, 9.17) is 18.0 Å². The second kappa shape index (κ2) is 6.59. The minimum Gasteiger partial charge on any atom is -0.383 e. The quantitative estimate of drug-likeness (QED) is 0.668. The van der Waals surface area contributed by atoms with Gasteiger partial charge in [0.25, 0.3) is 5.91 Å². The Kier molecular flexibility index (Phi) is 4.51. The molecule has 2 aromatic carbocycles. The number of hydrogen-bond acceptors (Lipinski definition) is 4. The second-order valence-corrected chi connectivity index (χ2v) is 7.17. The summed E-state index contributed by atoms with van der Waals surface area (Å²) in [5.74, 6) is 0.115. The number of hydrogen-bond donors (Lipinski definition) is 2. The summed E-state index contributed by atoms with van der Waals surface area (Å²) >= 11 is 6.62. The van der Waals surface area contributed by atoms with Gasteiger partial charge in [0.05, 0.1) is 0 Å². The monoisotopic (exact) mass is 355 g/mol. The number of nitrogens with one attached hydrogen (secondary N) is 1. The van der Waals surface area contributed by atoms with E-state index >= 15 is 0 Å². The fraction of sp³-hybridized carbons (Fsp3) is 0.111. The van der Waals surface area contributed by atoms with Crippen LogP contribution in [0, 0.1) is 17.8 Å². The maximum atomic E-state index is 12.6. The Bertz CT molecular complexity index is 955. The average Bonchev–Trinajstić information content (AvgIpc) is 2.85. The molecule has 24 heavy (non-hydrogen) atoms. The summed E-state index contributed by atoms with van der Waals surface area (Å²) in [6, 6.07) is 15.5. The maximum Gasteiger partial charge on any atom is 0.269 e. The van der Waals surface area contributed by atoms with Crippen LogP contribution in [0.4, 0.5) is 11.5 Å². The van der Waals surface area contributed by atoms with Gasteiger partial charge in [-0.1, -0.05) is 47.2 Å². The summed E-state index contributed by atoms with van der Waals surface area (Å²) < 4.78 is 2.28. The first-order chi connectivity index (χ1) is 11.5. The summed E-state index contributed by atoms with van der Waals surface area (Å²) in [7, 11) is 0. The van der Waals surface area contributed by atoms with Crippen molar-refractivity contribution in [3.8, 4) is 5.69 Å². The molecular formula is C18H17N3OS2. The van der Waals surface area contributed by atoms with Crippen LogP contribution in [0.3, 0.4) is 0 Å². The molecule has 0 unspecified atom stereocenters. The van der Waals surface area contributed by atoms with Crippen molar-refractivity contribution in [2.75, 3.05) is 11.1 Å². The number of carbonyl (C=O) groups is 1. The predicted octanol–water partition coefficient (Wildman–Crippen LogP) is 4.72. The number of nitrogen functional groups attached to an aromatic ring is 1. The molecule has 0 saturated carbocycles. The van der Waals surface area contributed by atoms with Crippen LogP contribution in [0.15, 0.2) is 48.5 Å². The Balaban J connectivity index is 1.97. The third-order valence-electron chi connectivity index (χ3n) is 3.74. The van der Waals surface area contributed by atoms with Gasteiger partial charge < -0.3 is 11.1 Å². The number of aryl methyl sites for hydroxylation is 2. The Morgan fingerprint density at radius 2 is 1.79 bits per heavy atom. The molecule has 0 aliphatic carbocycles. The van der Waals surface area contributed by atoms with Crippen LogP contribution in [0.1, 0.15) is 20.8 Å². The molecule has 3 N–H and O–H groups in total. The fourth-order valence-electron chi connectivity index (χ4n) is 2.38. The minimum atomic E-state index is -0.247. The van der Waals surface area contributed by atoms with Crippen molar-refractivity contribution >= 4 is 41.0 Å². The molecule has 0 aliphatic rings. The Labute approximate surface area is 149 Å². The van der Waals surface area contributed by atoms with Gasteiger partial charge in [0.15, 0.2) is 3.95 Å². The van der Waals surface area contributed by atoms with Crippen molar-refractivity contribution in [2.45, 2.75) is 13.8 Å². The molecule has 122 valence electrons. The van der Waals surface area contributed by atoms with Gasteiger partial charge in [-0.2, -0.15) is 0 Å². The first kappa shape index (κ1) is 16.4.